The van der Waals surface area contributed by atoms with Crippen LogP contribution in [0.2, 0.25) is 0 Å². The summed E-state index contributed by atoms with van der Waals surface area (Å²) in [5.41, 5.74) is 10.0. The Hall–Kier alpha value is -2.42. The van der Waals surface area contributed by atoms with Gasteiger partial charge in [0, 0.05) is 5.39 Å². The fourth-order valence-corrected chi connectivity index (χ4v) is 1.92. The van der Waals surface area contributed by atoms with Crippen LogP contribution in [0.1, 0.15) is 5.69 Å². The predicted molar refractivity (Wildman–Crippen MR) is 74.1 cm³/mol. The van der Waals surface area contributed by atoms with Gasteiger partial charge in [0.05, 0.1) is 28.3 Å². The van der Waals surface area contributed by atoms with Crippen molar-refractivity contribution in [1.29, 1.82) is 0 Å². The second kappa shape index (κ2) is 4.11. The molecule has 18 heavy (non-hydrogen) atoms. The molecule has 0 aliphatic rings. The topological polar surface area (TPSA) is 51.8 Å². The minimum absolute atomic E-state index is 0.708. The quantitative estimate of drug-likeness (QED) is 0.704. The number of nitrogen functional groups attached to an aromatic ring is 1. The third-order valence-electron chi connectivity index (χ3n) is 2.99. The van der Waals surface area contributed by atoms with Crippen molar-refractivity contribution < 1.29 is 0 Å². The Morgan fingerprint density at radius 1 is 0.833 bits per heavy atom. The average molecular weight is 235 g/mol. The second-order valence-electron chi connectivity index (χ2n) is 4.26. The van der Waals surface area contributed by atoms with Crippen LogP contribution in [0.15, 0.2) is 48.5 Å². The second-order valence-corrected chi connectivity index (χ2v) is 4.26. The van der Waals surface area contributed by atoms with Gasteiger partial charge in [-0.3, -0.25) is 0 Å². The molecule has 0 bridgehead atoms. The lowest BCUT2D eigenvalue weighted by atomic mass is 10.1. The van der Waals surface area contributed by atoms with Gasteiger partial charge in [0.1, 0.15) is 0 Å². The maximum absolute atomic E-state index is 5.77. The van der Waals surface area contributed by atoms with Crippen molar-refractivity contribution in [3.8, 4) is 11.4 Å². The first-order valence-corrected chi connectivity index (χ1v) is 5.83. The van der Waals surface area contributed by atoms with Gasteiger partial charge in [0.25, 0.3) is 0 Å². The number of fused-ring (bicyclic) bond motifs is 1. The summed E-state index contributed by atoms with van der Waals surface area (Å²) in [6.45, 7) is 1.90. The molecule has 0 amide bonds. The molecule has 0 fully saturated rings. The van der Waals surface area contributed by atoms with Crippen LogP contribution >= 0.6 is 0 Å². The van der Waals surface area contributed by atoms with Gasteiger partial charge in [0.2, 0.25) is 0 Å². The van der Waals surface area contributed by atoms with Crippen LogP contribution in [-0.4, -0.2) is 9.97 Å². The van der Waals surface area contributed by atoms with Crippen LogP contribution in [-0.2, 0) is 0 Å². The summed E-state index contributed by atoms with van der Waals surface area (Å²) < 4.78 is 0. The number of anilines is 1. The molecule has 3 nitrogen and oxygen atoms in total. The van der Waals surface area contributed by atoms with Crippen LogP contribution in [0.25, 0.3) is 22.3 Å². The SMILES string of the molecule is Cc1nc(-c2ccc3ccccc3n2)ccc1N. The normalized spacial score (nSPS) is 10.7. The summed E-state index contributed by atoms with van der Waals surface area (Å²) in [7, 11) is 0. The Kier molecular flexibility index (Phi) is 2.45. The van der Waals surface area contributed by atoms with E-state index in [2.05, 4.69) is 16.0 Å². The van der Waals surface area contributed by atoms with Crippen molar-refractivity contribution in [1.82, 2.24) is 9.97 Å². The van der Waals surface area contributed by atoms with Gasteiger partial charge in [-0.05, 0) is 31.2 Å². The Labute approximate surface area is 105 Å². The van der Waals surface area contributed by atoms with Gasteiger partial charge in [-0.2, -0.15) is 0 Å². The van der Waals surface area contributed by atoms with Crippen molar-refractivity contribution >= 4 is 16.6 Å². The van der Waals surface area contributed by atoms with Gasteiger partial charge in [-0.25, -0.2) is 9.97 Å². The van der Waals surface area contributed by atoms with Gasteiger partial charge in [0.15, 0.2) is 0 Å². The number of para-hydroxylation sites is 1. The molecule has 0 atom stereocenters. The Bertz CT molecular complexity index is 720. The van der Waals surface area contributed by atoms with Crippen LogP contribution < -0.4 is 5.73 Å². The van der Waals surface area contributed by atoms with Crippen LogP contribution in [0.5, 0.6) is 0 Å². The number of aromatic nitrogens is 2. The summed E-state index contributed by atoms with van der Waals surface area (Å²) in [4.78, 5) is 9.08. The van der Waals surface area contributed by atoms with Crippen molar-refractivity contribution in [3.63, 3.8) is 0 Å². The number of nitrogens with zero attached hydrogens (tertiary/aromatic N) is 2. The van der Waals surface area contributed by atoms with E-state index < -0.39 is 0 Å². The molecule has 0 saturated carbocycles. The molecule has 2 N–H and O–H groups in total. The number of hydrogen-bond acceptors (Lipinski definition) is 3. The van der Waals surface area contributed by atoms with E-state index >= 15 is 0 Å². The molecular formula is C15H13N3. The third kappa shape index (κ3) is 1.80. The first kappa shape index (κ1) is 10.7. The van der Waals surface area contributed by atoms with E-state index in [9.17, 15) is 0 Å². The van der Waals surface area contributed by atoms with Crippen LogP contribution in [0, 0.1) is 6.92 Å². The van der Waals surface area contributed by atoms with Gasteiger partial charge in [-0.1, -0.05) is 24.3 Å². The highest BCUT2D eigenvalue weighted by Gasteiger charge is 2.04. The van der Waals surface area contributed by atoms with E-state index in [1.165, 1.54) is 0 Å². The van der Waals surface area contributed by atoms with E-state index in [1.54, 1.807) is 0 Å². The zero-order chi connectivity index (χ0) is 12.5. The maximum Gasteiger partial charge on any atom is 0.0894 e. The lowest BCUT2D eigenvalue weighted by Crippen LogP contribution is -1.95. The number of aryl methyl sites for hydroxylation is 1. The highest BCUT2D eigenvalue weighted by atomic mass is 14.8. The van der Waals surface area contributed by atoms with E-state index in [0.29, 0.717) is 5.69 Å². The minimum Gasteiger partial charge on any atom is -0.397 e. The Balaban J connectivity index is 2.16. The molecule has 3 rings (SSSR count). The first-order chi connectivity index (χ1) is 8.74. The molecule has 0 aliphatic carbocycles. The number of hydrogen-bond donors (Lipinski definition) is 1. The van der Waals surface area contributed by atoms with Crippen molar-refractivity contribution in [2.45, 2.75) is 6.92 Å². The summed E-state index contributed by atoms with van der Waals surface area (Å²) >= 11 is 0. The van der Waals surface area contributed by atoms with Gasteiger partial charge < -0.3 is 5.73 Å². The largest absolute Gasteiger partial charge is 0.397 e. The molecule has 2 heterocycles. The van der Waals surface area contributed by atoms with Gasteiger partial charge in [-0.15, -0.1) is 0 Å². The van der Waals surface area contributed by atoms with Crippen molar-refractivity contribution in [2.75, 3.05) is 5.73 Å². The Morgan fingerprint density at radius 2 is 1.56 bits per heavy atom. The van der Waals surface area contributed by atoms with Crippen LogP contribution in [0.3, 0.4) is 0 Å². The summed E-state index contributed by atoms with van der Waals surface area (Å²) in [6, 6.07) is 15.9. The summed E-state index contributed by atoms with van der Waals surface area (Å²) in [5.74, 6) is 0. The van der Waals surface area contributed by atoms with Gasteiger partial charge >= 0.3 is 0 Å². The predicted octanol–water partition coefficient (Wildman–Crippen LogP) is 3.19. The average Bonchev–Trinajstić information content (AvgIpc) is 2.41. The Morgan fingerprint density at radius 3 is 2.39 bits per heavy atom. The fourth-order valence-electron chi connectivity index (χ4n) is 1.92. The summed E-state index contributed by atoms with van der Waals surface area (Å²) in [5, 5.41) is 1.13. The lowest BCUT2D eigenvalue weighted by Gasteiger charge is -2.05. The first-order valence-electron chi connectivity index (χ1n) is 5.83. The number of pyridine rings is 2. The molecule has 88 valence electrons. The molecule has 3 heteroatoms. The van der Waals surface area contributed by atoms with Crippen LogP contribution in [0.4, 0.5) is 5.69 Å². The highest BCUT2D eigenvalue weighted by molar-refractivity contribution is 5.81. The van der Waals surface area contributed by atoms with Crippen molar-refractivity contribution in [2.24, 2.45) is 0 Å². The molecule has 3 aromatic rings. The van der Waals surface area contributed by atoms with E-state index in [-0.39, 0.29) is 0 Å². The summed E-state index contributed by atoms with van der Waals surface area (Å²) in [6.07, 6.45) is 0. The van der Waals surface area contributed by atoms with E-state index in [4.69, 9.17) is 5.73 Å². The monoisotopic (exact) mass is 235 g/mol. The molecule has 0 saturated heterocycles. The fraction of sp³-hybridized carbons (Fsp3) is 0.0667. The molecule has 1 aromatic carbocycles. The van der Waals surface area contributed by atoms with Crippen molar-refractivity contribution in [3.05, 3.63) is 54.2 Å². The minimum atomic E-state index is 0.708. The number of rotatable bonds is 1. The smallest absolute Gasteiger partial charge is 0.0894 e. The molecule has 2 aromatic heterocycles. The zero-order valence-corrected chi connectivity index (χ0v) is 10.1. The molecule has 0 spiro atoms. The lowest BCUT2D eigenvalue weighted by molar-refractivity contribution is 1.19. The van der Waals surface area contributed by atoms with E-state index in [0.717, 1.165) is 28.0 Å². The zero-order valence-electron chi connectivity index (χ0n) is 10.1. The third-order valence-corrected chi connectivity index (χ3v) is 2.99. The molecule has 0 unspecified atom stereocenters. The molecular weight excluding hydrogens is 222 g/mol. The number of benzene rings is 1. The van der Waals surface area contributed by atoms with E-state index in [1.807, 2.05) is 49.4 Å². The number of nitrogens with two attached hydrogens (primary N) is 1. The standard InChI is InChI=1S/C15H13N3/c1-10-12(16)7-9-14(17-10)15-8-6-11-4-2-3-5-13(11)18-15/h2-9H,16H2,1H3. The molecule has 0 aliphatic heterocycles. The molecule has 0 radical (unpaired) electrons. The highest BCUT2D eigenvalue weighted by Crippen LogP contribution is 2.21. The maximum atomic E-state index is 5.77.